The van der Waals surface area contributed by atoms with Gasteiger partial charge in [-0.3, -0.25) is 9.59 Å². The average molecular weight is 311 g/mol. The SMILES string of the molecule is N#Cc1cccc(NC(=O)CNC(=O)Cc2ccccc2F)c1. The Balaban J connectivity index is 1.83. The Morgan fingerprint density at radius 2 is 1.87 bits per heavy atom. The lowest BCUT2D eigenvalue weighted by Crippen LogP contribution is -2.33. The van der Waals surface area contributed by atoms with Crippen LogP contribution in [0.5, 0.6) is 0 Å². The van der Waals surface area contributed by atoms with Gasteiger partial charge in [-0.2, -0.15) is 5.26 Å². The Labute approximate surface area is 132 Å². The zero-order chi connectivity index (χ0) is 16.7. The molecule has 0 saturated carbocycles. The lowest BCUT2D eigenvalue weighted by molar-refractivity contribution is -0.123. The number of nitriles is 1. The highest BCUT2D eigenvalue weighted by atomic mass is 19.1. The van der Waals surface area contributed by atoms with E-state index in [1.165, 1.54) is 18.2 Å². The van der Waals surface area contributed by atoms with E-state index in [9.17, 15) is 14.0 Å². The van der Waals surface area contributed by atoms with Gasteiger partial charge in [-0.05, 0) is 29.8 Å². The van der Waals surface area contributed by atoms with Crippen molar-refractivity contribution in [2.45, 2.75) is 6.42 Å². The predicted octanol–water partition coefficient (Wildman–Crippen LogP) is 1.99. The molecule has 0 aliphatic heterocycles. The molecule has 0 atom stereocenters. The van der Waals surface area contributed by atoms with Crippen LogP contribution in [-0.4, -0.2) is 18.4 Å². The summed E-state index contributed by atoms with van der Waals surface area (Å²) in [5.74, 6) is -1.33. The van der Waals surface area contributed by atoms with Gasteiger partial charge in [0.05, 0.1) is 24.6 Å². The molecule has 2 amide bonds. The van der Waals surface area contributed by atoms with Gasteiger partial charge in [-0.1, -0.05) is 24.3 Å². The molecule has 2 N–H and O–H groups in total. The van der Waals surface area contributed by atoms with Gasteiger partial charge in [0.2, 0.25) is 11.8 Å². The molecule has 0 aliphatic rings. The fourth-order valence-corrected chi connectivity index (χ4v) is 1.93. The van der Waals surface area contributed by atoms with E-state index in [1.54, 1.807) is 30.3 Å². The third kappa shape index (κ3) is 4.93. The highest BCUT2D eigenvalue weighted by Gasteiger charge is 2.09. The van der Waals surface area contributed by atoms with Crippen molar-refractivity contribution in [2.75, 3.05) is 11.9 Å². The lowest BCUT2D eigenvalue weighted by atomic mass is 10.1. The second kappa shape index (κ2) is 7.71. The average Bonchev–Trinajstić information content (AvgIpc) is 2.55. The van der Waals surface area contributed by atoms with Crippen LogP contribution < -0.4 is 10.6 Å². The van der Waals surface area contributed by atoms with Crippen molar-refractivity contribution in [1.82, 2.24) is 5.32 Å². The third-order valence-electron chi connectivity index (χ3n) is 3.03. The standard InChI is InChI=1S/C17H14FN3O2/c18-15-7-2-1-5-13(15)9-16(22)20-11-17(23)21-14-6-3-4-12(8-14)10-19/h1-8H,9,11H2,(H,20,22)(H,21,23). The molecular formula is C17H14FN3O2. The van der Waals surface area contributed by atoms with E-state index >= 15 is 0 Å². The molecule has 0 aromatic heterocycles. The number of anilines is 1. The van der Waals surface area contributed by atoms with Crippen molar-refractivity contribution in [2.24, 2.45) is 0 Å². The smallest absolute Gasteiger partial charge is 0.243 e. The van der Waals surface area contributed by atoms with Crippen LogP contribution in [0.25, 0.3) is 0 Å². The summed E-state index contributed by atoms with van der Waals surface area (Å²) in [6.07, 6.45) is -0.135. The number of carbonyl (C=O) groups excluding carboxylic acids is 2. The topological polar surface area (TPSA) is 82.0 Å². The zero-order valence-corrected chi connectivity index (χ0v) is 12.2. The maximum atomic E-state index is 13.4. The van der Waals surface area contributed by atoms with Crippen molar-refractivity contribution in [1.29, 1.82) is 5.26 Å². The molecule has 2 aromatic rings. The summed E-state index contributed by atoms with van der Waals surface area (Å²) in [7, 11) is 0. The number of hydrogen-bond donors (Lipinski definition) is 2. The summed E-state index contributed by atoms with van der Waals surface area (Å²) in [4.78, 5) is 23.5. The summed E-state index contributed by atoms with van der Waals surface area (Å²) in [5, 5.41) is 13.8. The first-order valence-electron chi connectivity index (χ1n) is 6.88. The Morgan fingerprint density at radius 1 is 1.09 bits per heavy atom. The second-order valence-corrected chi connectivity index (χ2v) is 4.79. The largest absolute Gasteiger partial charge is 0.347 e. The van der Waals surface area contributed by atoms with Gasteiger partial charge in [0.25, 0.3) is 0 Å². The Kier molecular flexibility index (Phi) is 5.42. The molecule has 0 heterocycles. The predicted molar refractivity (Wildman–Crippen MR) is 82.9 cm³/mol. The van der Waals surface area contributed by atoms with E-state index in [-0.39, 0.29) is 18.5 Å². The van der Waals surface area contributed by atoms with Crippen LogP contribution in [0.2, 0.25) is 0 Å². The van der Waals surface area contributed by atoms with Gasteiger partial charge in [0.1, 0.15) is 5.82 Å². The molecule has 0 fully saturated rings. The zero-order valence-electron chi connectivity index (χ0n) is 12.2. The van der Waals surface area contributed by atoms with Crippen molar-refractivity contribution < 1.29 is 14.0 Å². The van der Waals surface area contributed by atoms with E-state index in [2.05, 4.69) is 10.6 Å². The first-order chi connectivity index (χ1) is 11.1. The molecule has 0 bridgehead atoms. The normalized spacial score (nSPS) is 9.74. The van der Waals surface area contributed by atoms with Crippen LogP contribution in [0, 0.1) is 17.1 Å². The first-order valence-corrected chi connectivity index (χ1v) is 6.88. The van der Waals surface area contributed by atoms with Crippen LogP contribution >= 0.6 is 0 Å². The van der Waals surface area contributed by atoms with Crippen molar-refractivity contribution >= 4 is 17.5 Å². The van der Waals surface area contributed by atoms with E-state index in [0.29, 0.717) is 11.3 Å². The number of nitrogens with zero attached hydrogens (tertiary/aromatic N) is 1. The second-order valence-electron chi connectivity index (χ2n) is 4.79. The van der Waals surface area contributed by atoms with Crippen LogP contribution in [0.1, 0.15) is 11.1 Å². The van der Waals surface area contributed by atoms with Crippen LogP contribution in [0.4, 0.5) is 10.1 Å². The quantitative estimate of drug-likeness (QED) is 0.886. The lowest BCUT2D eigenvalue weighted by Gasteiger charge is -2.07. The molecule has 0 spiro atoms. The van der Waals surface area contributed by atoms with Gasteiger partial charge >= 0.3 is 0 Å². The molecule has 6 heteroatoms. The number of amides is 2. The Hall–Kier alpha value is -3.20. The number of benzene rings is 2. The van der Waals surface area contributed by atoms with Gasteiger partial charge in [-0.25, -0.2) is 4.39 Å². The van der Waals surface area contributed by atoms with Crippen LogP contribution in [0.15, 0.2) is 48.5 Å². The molecule has 0 aliphatic carbocycles. The highest BCUT2D eigenvalue weighted by Crippen LogP contribution is 2.09. The molecule has 0 unspecified atom stereocenters. The van der Waals surface area contributed by atoms with E-state index < -0.39 is 17.6 Å². The van der Waals surface area contributed by atoms with Crippen molar-refractivity contribution in [3.63, 3.8) is 0 Å². The Bertz CT molecular complexity index is 768. The summed E-state index contributed by atoms with van der Waals surface area (Å²) in [5.41, 5.74) is 1.16. The maximum Gasteiger partial charge on any atom is 0.243 e. The molecule has 2 rings (SSSR count). The highest BCUT2D eigenvalue weighted by molar-refractivity contribution is 5.94. The van der Waals surface area contributed by atoms with E-state index in [0.717, 1.165) is 0 Å². The monoisotopic (exact) mass is 311 g/mol. The maximum absolute atomic E-state index is 13.4. The fraction of sp³-hybridized carbons (Fsp3) is 0.118. The van der Waals surface area contributed by atoms with Gasteiger partial charge in [0, 0.05) is 5.69 Å². The Morgan fingerprint density at radius 3 is 2.61 bits per heavy atom. The molecule has 5 nitrogen and oxygen atoms in total. The fourth-order valence-electron chi connectivity index (χ4n) is 1.93. The van der Waals surface area contributed by atoms with E-state index in [1.807, 2.05) is 6.07 Å². The number of nitrogens with one attached hydrogen (secondary N) is 2. The van der Waals surface area contributed by atoms with Gasteiger partial charge in [-0.15, -0.1) is 0 Å². The molecule has 2 aromatic carbocycles. The number of rotatable bonds is 5. The first kappa shape index (κ1) is 16.2. The number of carbonyl (C=O) groups is 2. The molecule has 0 radical (unpaired) electrons. The summed E-state index contributed by atoms with van der Waals surface area (Å²) in [6.45, 7) is -0.232. The van der Waals surface area contributed by atoms with Crippen molar-refractivity contribution in [3.8, 4) is 6.07 Å². The molecular weight excluding hydrogens is 297 g/mol. The van der Waals surface area contributed by atoms with E-state index in [4.69, 9.17) is 5.26 Å². The molecule has 116 valence electrons. The number of halogens is 1. The van der Waals surface area contributed by atoms with Crippen LogP contribution in [-0.2, 0) is 16.0 Å². The summed E-state index contributed by atoms with van der Waals surface area (Å²) < 4.78 is 13.4. The number of hydrogen-bond acceptors (Lipinski definition) is 3. The third-order valence-corrected chi connectivity index (χ3v) is 3.03. The summed E-state index contributed by atoms with van der Waals surface area (Å²) >= 11 is 0. The minimum Gasteiger partial charge on any atom is -0.347 e. The minimum atomic E-state index is -0.458. The van der Waals surface area contributed by atoms with Crippen LogP contribution in [0.3, 0.4) is 0 Å². The minimum absolute atomic E-state index is 0.135. The molecule has 0 saturated heterocycles. The summed E-state index contributed by atoms with van der Waals surface area (Å²) in [6, 6.07) is 14.4. The molecule has 23 heavy (non-hydrogen) atoms. The van der Waals surface area contributed by atoms with Gasteiger partial charge < -0.3 is 10.6 Å². The van der Waals surface area contributed by atoms with Gasteiger partial charge in [0.15, 0.2) is 0 Å². The van der Waals surface area contributed by atoms with Crippen molar-refractivity contribution in [3.05, 3.63) is 65.5 Å².